The van der Waals surface area contributed by atoms with Gasteiger partial charge in [-0.1, -0.05) is 51.1 Å². The van der Waals surface area contributed by atoms with Gasteiger partial charge < -0.3 is 20.4 Å². The number of hydrogen-bond acceptors (Lipinski definition) is 6. The Morgan fingerprint density at radius 2 is 1.36 bits per heavy atom. The zero-order valence-electron chi connectivity index (χ0n) is 21.4. The first-order valence-corrected chi connectivity index (χ1v) is 12.9. The maximum Gasteiger partial charge on any atom is 0.157 e. The van der Waals surface area contributed by atoms with Crippen LogP contribution in [-0.2, 0) is 0 Å². The van der Waals surface area contributed by atoms with Crippen LogP contribution in [0.3, 0.4) is 0 Å². The van der Waals surface area contributed by atoms with Crippen molar-refractivity contribution in [2.24, 2.45) is 34.5 Å². The number of phenols is 3. The number of benzene rings is 2. The monoisotopic (exact) mass is 492 g/mol. The van der Waals surface area contributed by atoms with Gasteiger partial charge in [0, 0.05) is 11.5 Å². The molecule has 4 N–H and O–H groups in total. The van der Waals surface area contributed by atoms with Crippen molar-refractivity contribution >= 4 is 12.6 Å². The van der Waals surface area contributed by atoms with Crippen molar-refractivity contribution in [3.8, 4) is 17.2 Å². The smallest absolute Gasteiger partial charge is 0.157 e. The van der Waals surface area contributed by atoms with Crippen molar-refractivity contribution in [2.75, 3.05) is 0 Å². The van der Waals surface area contributed by atoms with Crippen LogP contribution in [0.4, 0.5) is 0 Å². The second-order valence-corrected chi connectivity index (χ2v) is 12.4. The Kier molecular flexibility index (Phi) is 5.56. The van der Waals surface area contributed by atoms with Crippen LogP contribution in [0, 0.1) is 34.5 Å². The SMILES string of the molecule is CC1(C)[C@H]2[C@H]3[C@@H](CC[C@]3(C)[C@@H](c3ccccc3)c3c(O)c(C=O)c(O)c(C=O)c3O)[C@](C)(O)CC[C@H]21. The predicted molar refractivity (Wildman–Crippen MR) is 135 cm³/mol. The van der Waals surface area contributed by atoms with Crippen molar-refractivity contribution in [3.05, 3.63) is 52.6 Å². The number of hydrogen-bond donors (Lipinski definition) is 4. The van der Waals surface area contributed by atoms with Gasteiger partial charge in [0.05, 0.1) is 16.7 Å². The second kappa shape index (κ2) is 8.07. The number of carbonyl (C=O) groups is 2. The highest BCUT2D eigenvalue weighted by molar-refractivity contribution is 5.95. The summed E-state index contributed by atoms with van der Waals surface area (Å²) in [5, 5.41) is 44.6. The lowest BCUT2D eigenvalue weighted by molar-refractivity contribution is -0.0417. The topological polar surface area (TPSA) is 115 Å². The number of aromatic hydroxyl groups is 3. The highest BCUT2D eigenvalue weighted by Crippen LogP contribution is 2.76. The van der Waals surface area contributed by atoms with E-state index in [-0.39, 0.29) is 22.8 Å². The molecule has 36 heavy (non-hydrogen) atoms. The van der Waals surface area contributed by atoms with E-state index in [1.807, 2.05) is 37.3 Å². The van der Waals surface area contributed by atoms with E-state index in [4.69, 9.17) is 0 Å². The first kappa shape index (κ1) is 24.8. The number of rotatable bonds is 5. The van der Waals surface area contributed by atoms with E-state index < -0.39 is 45.3 Å². The van der Waals surface area contributed by atoms with Crippen LogP contribution in [0.5, 0.6) is 17.2 Å². The van der Waals surface area contributed by atoms with Gasteiger partial charge in [0.2, 0.25) is 0 Å². The molecule has 2 aromatic carbocycles. The molecule has 6 heteroatoms. The van der Waals surface area contributed by atoms with Crippen LogP contribution >= 0.6 is 0 Å². The highest BCUT2D eigenvalue weighted by Gasteiger charge is 2.70. The summed E-state index contributed by atoms with van der Waals surface area (Å²) >= 11 is 0. The summed E-state index contributed by atoms with van der Waals surface area (Å²) < 4.78 is 0. The van der Waals surface area contributed by atoms with Crippen LogP contribution in [0.1, 0.15) is 91.1 Å². The van der Waals surface area contributed by atoms with E-state index >= 15 is 0 Å². The van der Waals surface area contributed by atoms with Crippen molar-refractivity contribution in [2.45, 2.75) is 64.9 Å². The Labute approximate surface area is 212 Å². The van der Waals surface area contributed by atoms with E-state index in [0.29, 0.717) is 24.4 Å². The predicted octanol–water partition coefficient (Wildman–Crippen LogP) is 5.41. The van der Waals surface area contributed by atoms with Gasteiger partial charge in [0.1, 0.15) is 17.2 Å². The van der Waals surface area contributed by atoms with Crippen LogP contribution in [0.25, 0.3) is 0 Å². The summed E-state index contributed by atoms with van der Waals surface area (Å²) in [4.78, 5) is 23.8. The van der Waals surface area contributed by atoms with Gasteiger partial charge >= 0.3 is 0 Å². The van der Waals surface area contributed by atoms with Crippen LogP contribution < -0.4 is 0 Å². The summed E-state index contributed by atoms with van der Waals surface area (Å²) in [5.74, 6) is -1.32. The fourth-order valence-corrected chi connectivity index (χ4v) is 8.44. The molecule has 0 radical (unpaired) electrons. The van der Waals surface area contributed by atoms with Crippen molar-refractivity contribution in [1.29, 1.82) is 0 Å². The van der Waals surface area contributed by atoms with Gasteiger partial charge in [0.25, 0.3) is 0 Å². The molecule has 5 rings (SSSR count). The van der Waals surface area contributed by atoms with Crippen molar-refractivity contribution in [1.82, 2.24) is 0 Å². The Bertz CT molecular complexity index is 1180. The highest BCUT2D eigenvalue weighted by atomic mass is 16.3. The minimum Gasteiger partial charge on any atom is -0.507 e. The average molecular weight is 493 g/mol. The first-order chi connectivity index (χ1) is 16.9. The number of aliphatic hydroxyl groups is 1. The fraction of sp³-hybridized carbons (Fsp3) is 0.533. The van der Waals surface area contributed by atoms with Crippen molar-refractivity contribution in [3.63, 3.8) is 0 Å². The van der Waals surface area contributed by atoms with E-state index in [2.05, 4.69) is 20.8 Å². The minimum atomic E-state index is -0.825. The third-order valence-electron chi connectivity index (χ3n) is 10.3. The largest absolute Gasteiger partial charge is 0.507 e. The zero-order chi connectivity index (χ0) is 26.2. The lowest BCUT2D eigenvalue weighted by Gasteiger charge is -2.45. The van der Waals surface area contributed by atoms with E-state index in [0.717, 1.165) is 31.2 Å². The summed E-state index contributed by atoms with van der Waals surface area (Å²) in [5.41, 5.74) is -1.09. The van der Waals surface area contributed by atoms with Gasteiger partial charge in [-0.25, -0.2) is 0 Å². The van der Waals surface area contributed by atoms with Crippen LogP contribution in [0.2, 0.25) is 0 Å². The molecule has 0 unspecified atom stereocenters. The van der Waals surface area contributed by atoms with E-state index in [1.165, 1.54) is 0 Å². The maximum atomic E-state index is 11.9. The van der Waals surface area contributed by atoms with E-state index in [1.54, 1.807) is 0 Å². The standard InChI is InChI=1S/C30H36O6/c1-28(2)19-11-13-30(4,36)20-10-12-29(3,24(20)23(19)28)22(16-8-6-5-7-9-16)21-26(34)17(14-31)25(33)18(15-32)27(21)35/h5-9,14-15,19-20,22-24,33-36H,10-13H2,1-4H3/t19-,20-,22+,23-,24-,29-,30-/m1/s1. The lowest BCUT2D eigenvalue weighted by Crippen LogP contribution is -2.42. The Balaban J connectivity index is 1.79. The summed E-state index contributed by atoms with van der Waals surface area (Å²) in [6.07, 6.45) is 3.88. The molecular weight excluding hydrogens is 456 g/mol. The molecular formula is C30H36O6. The molecule has 3 fully saturated rings. The van der Waals surface area contributed by atoms with E-state index in [9.17, 15) is 30.0 Å². The van der Waals surface area contributed by atoms with Gasteiger partial charge in [0.15, 0.2) is 12.6 Å². The number of fused-ring (bicyclic) bond motifs is 3. The molecule has 3 aliphatic rings. The maximum absolute atomic E-state index is 11.9. The summed E-state index contributed by atoms with van der Waals surface area (Å²) in [6.45, 7) is 8.69. The Hall–Kier alpha value is -2.86. The van der Waals surface area contributed by atoms with Gasteiger partial charge in [-0.3, -0.25) is 9.59 Å². The minimum absolute atomic E-state index is 0.0444. The van der Waals surface area contributed by atoms with Crippen LogP contribution in [0.15, 0.2) is 30.3 Å². The molecule has 0 amide bonds. The van der Waals surface area contributed by atoms with Gasteiger partial charge in [-0.05, 0) is 72.7 Å². The van der Waals surface area contributed by atoms with Crippen LogP contribution in [-0.4, -0.2) is 38.6 Å². The number of aldehydes is 2. The number of carbonyl (C=O) groups excluding carboxylic acids is 2. The first-order valence-electron chi connectivity index (χ1n) is 12.9. The molecule has 0 bridgehead atoms. The summed E-state index contributed by atoms with van der Waals surface area (Å²) in [6, 6.07) is 9.53. The molecule has 192 valence electrons. The molecule has 3 aliphatic carbocycles. The Morgan fingerprint density at radius 3 is 1.92 bits per heavy atom. The van der Waals surface area contributed by atoms with Gasteiger partial charge in [-0.2, -0.15) is 0 Å². The molecule has 2 aromatic rings. The quantitative estimate of drug-likeness (QED) is 0.415. The number of phenolic OH excluding ortho intramolecular Hbond substituents is 3. The summed E-state index contributed by atoms with van der Waals surface area (Å²) in [7, 11) is 0. The van der Waals surface area contributed by atoms with Crippen molar-refractivity contribution < 1.29 is 30.0 Å². The van der Waals surface area contributed by atoms with Gasteiger partial charge in [-0.15, -0.1) is 0 Å². The second-order valence-electron chi connectivity index (χ2n) is 12.4. The molecule has 0 heterocycles. The molecule has 0 spiro atoms. The third kappa shape index (κ3) is 3.26. The average Bonchev–Trinajstić information content (AvgIpc) is 3.23. The molecule has 0 saturated heterocycles. The molecule has 0 aliphatic heterocycles. The fourth-order valence-electron chi connectivity index (χ4n) is 8.44. The third-order valence-corrected chi connectivity index (χ3v) is 10.3. The molecule has 7 atom stereocenters. The normalized spacial score (nSPS) is 35.2. The molecule has 0 aromatic heterocycles. The lowest BCUT2D eigenvalue weighted by atomic mass is 9.59. The zero-order valence-corrected chi connectivity index (χ0v) is 21.4. The molecule has 3 saturated carbocycles. The Morgan fingerprint density at radius 1 is 0.806 bits per heavy atom. The molecule has 6 nitrogen and oxygen atoms in total.